The average molecular weight is 729 g/mol. The third-order valence-corrected chi connectivity index (χ3v) is 12.4. The van der Waals surface area contributed by atoms with Crippen LogP contribution in [0.2, 0.25) is 0 Å². The van der Waals surface area contributed by atoms with Crippen molar-refractivity contribution in [3.05, 3.63) is 192 Å². The molecule has 1 heterocycles. The van der Waals surface area contributed by atoms with E-state index in [1.165, 1.54) is 104 Å². The van der Waals surface area contributed by atoms with E-state index < -0.39 is 0 Å². The summed E-state index contributed by atoms with van der Waals surface area (Å²) in [6.07, 6.45) is 0. The lowest BCUT2D eigenvalue weighted by Crippen LogP contribution is -1.94. The highest BCUT2D eigenvalue weighted by Gasteiger charge is 2.23. The molecule has 0 spiro atoms. The van der Waals surface area contributed by atoms with Crippen LogP contribution < -0.4 is 0 Å². The SMILES string of the molecule is Cc1cccc(C)c1-c1c2ccccc2c(-c2ccc3oc4c(-c5c6ccccc6c(-c6c(C)cccc6C)c6ccccc56)cccc4c3c2)c2ccccc12. The summed E-state index contributed by atoms with van der Waals surface area (Å²) in [5.74, 6) is 0. The minimum atomic E-state index is 0.891. The molecule has 0 aliphatic heterocycles. The van der Waals surface area contributed by atoms with E-state index in [-0.39, 0.29) is 0 Å². The Morgan fingerprint density at radius 3 is 1.09 bits per heavy atom. The van der Waals surface area contributed by atoms with Crippen molar-refractivity contribution in [1.29, 1.82) is 0 Å². The number of hydrogen-bond donors (Lipinski definition) is 0. The lowest BCUT2D eigenvalue weighted by Gasteiger charge is -2.20. The molecule has 0 amide bonds. The molecule has 0 bridgehead atoms. The molecule has 1 heteroatoms. The first-order valence-corrected chi connectivity index (χ1v) is 19.9. The summed E-state index contributed by atoms with van der Waals surface area (Å²) >= 11 is 0. The first kappa shape index (κ1) is 33.4. The van der Waals surface area contributed by atoms with Crippen LogP contribution in [-0.2, 0) is 0 Å². The Morgan fingerprint density at radius 1 is 0.281 bits per heavy atom. The number of aryl methyl sites for hydroxylation is 4. The molecule has 10 aromatic carbocycles. The van der Waals surface area contributed by atoms with Gasteiger partial charge in [0.25, 0.3) is 0 Å². The number of para-hydroxylation sites is 1. The normalized spacial score (nSPS) is 11.9. The van der Waals surface area contributed by atoms with Crippen LogP contribution in [0.3, 0.4) is 0 Å². The van der Waals surface area contributed by atoms with Crippen LogP contribution in [0.4, 0.5) is 0 Å². The predicted octanol–water partition coefficient (Wildman–Crippen LogP) is 16.1. The molecule has 270 valence electrons. The quantitative estimate of drug-likeness (QED) is 0.165. The maximum absolute atomic E-state index is 6.96. The van der Waals surface area contributed by atoms with E-state index in [0.717, 1.165) is 27.5 Å². The van der Waals surface area contributed by atoms with Gasteiger partial charge in [0.2, 0.25) is 0 Å². The zero-order valence-electron chi connectivity index (χ0n) is 32.6. The second-order valence-electron chi connectivity index (χ2n) is 15.7. The van der Waals surface area contributed by atoms with E-state index in [2.05, 4.69) is 198 Å². The Morgan fingerprint density at radius 2 is 0.649 bits per heavy atom. The molecule has 11 rings (SSSR count). The molecule has 1 aromatic heterocycles. The Bertz CT molecular complexity index is 3290. The van der Waals surface area contributed by atoms with Crippen LogP contribution >= 0.6 is 0 Å². The van der Waals surface area contributed by atoms with Crippen LogP contribution in [0.25, 0.3) is 110 Å². The summed E-state index contributed by atoms with van der Waals surface area (Å²) in [6, 6.07) is 62.4. The van der Waals surface area contributed by atoms with Gasteiger partial charge < -0.3 is 4.42 Å². The van der Waals surface area contributed by atoms with Crippen LogP contribution in [0.1, 0.15) is 22.3 Å². The van der Waals surface area contributed by atoms with E-state index in [1.807, 2.05) is 0 Å². The van der Waals surface area contributed by atoms with Gasteiger partial charge in [-0.3, -0.25) is 0 Å². The van der Waals surface area contributed by atoms with Gasteiger partial charge in [0.1, 0.15) is 11.2 Å². The number of benzene rings is 10. The standard InChI is InChI=1S/C56H40O/c1-33-16-13-17-34(2)50(33)54-42-24-9-5-20-38(42)52(39-21-6-10-25-43(39)54)37-30-31-49-48(32-37)46-28-15-29-47(56(46)57-49)53-40-22-7-11-26-44(40)55(45-27-12-8-23-41(45)53)51-35(3)18-14-19-36(51)4/h5-32H,1-4H3. The van der Waals surface area contributed by atoms with Gasteiger partial charge in [0.05, 0.1) is 0 Å². The second-order valence-corrected chi connectivity index (χ2v) is 15.7. The summed E-state index contributed by atoms with van der Waals surface area (Å²) < 4.78 is 6.96. The maximum atomic E-state index is 6.96. The number of hydrogen-bond acceptors (Lipinski definition) is 1. The van der Waals surface area contributed by atoms with E-state index in [0.29, 0.717) is 0 Å². The first-order chi connectivity index (χ1) is 28.0. The van der Waals surface area contributed by atoms with Crippen LogP contribution in [0.15, 0.2) is 174 Å². The van der Waals surface area contributed by atoms with Gasteiger partial charge in [-0.2, -0.15) is 0 Å². The molecule has 0 radical (unpaired) electrons. The number of furan rings is 1. The van der Waals surface area contributed by atoms with Crippen molar-refractivity contribution < 1.29 is 4.42 Å². The molecule has 11 aromatic rings. The highest BCUT2D eigenvalue weighted by atomic mass is 16.3. The largest absolute Gasteiger partial charge is 0.455 e. The summed E-state index contributed by atoms with van der Waals surface area (Å²) in [4.78, 5) is 0. The Balaban J connectivity index is 1.18. The molecule has 0 fully saturated rings. The highest BCUT2D eigenvalue weighted by molar-refractivity contribution is 6.26. The summed E-state index contributed by atoms with van der Waals surface area (Å²) in [7, 11) is 0. The minimum Gasteiger partial charge on any atom is -0.455 e. The number of fused-ring (bicyclic) bond motifs is 7. The molecule has 57 heavy (non-hydrogen) atoms. The van der Waals surface area contributed by atoms with Crippen LogP contribution in [0.5, 0.6) is 0 Å². The van der Waals surface area contributed by atoms with E-state index in [9.17, 15) is 0 Å². The van der Waals surface area contributed by atoms with Crippen molar-refractivity contribution >= 4 is 65.0 Å². The molecular formula is C56H40O. The smallest absolute Gasteiger partial charge is 0.143 e. The first-order valence-electron chi connectivity index (χ1n) is 19.9. The van der Waals surface area contributed by atoms with Gasteiger partial charge in [-0.15, -0.1) is 0 Å². The van der Waals surface area contributed by atoms with Crippen molar-refractivity contribution in [1.82, 2.24) is 0 Å². The second kappa shape index (κ2) is 12.8. The van der Waals surface area contributed by atoms with Gasteiger partial charge in [0, 0.05) is 21.9 Å². The van der Waals surface area contributed by atoms with Gasteiger partial charge in [0.15, 0.2) is 0 Å². The van der Waals surface area contributed by atoms with Gasteiger partial charge in [-0.1, -0.05) is 158 Å². The lowest BCUT2D eigenvalue weighted by molar-refractivity contribution is 0.670. The molecule has 0 aliphatic carbocycles. The van der Waals surface area contributed by atoms with E-state index in [4.69, 9.17) is 4.42 Å². The third-order valence-electron chi connectivity index (χ3n) is 12.4. The molecule has 0 unspecified atom stereocenters. The van der Waals surface area contributed by atoms with Crippen molar-refractivity contribution in [2.75, 3.05) is 0 Å². The topological polar surface area (TPSA) is 13.1 Å². The van der Waals surface area contributed by atoms with Crippen LogP contribution in [-0.4, -0.2) is 0 Å². The predicted molar refractivity (Wildman–Crippen MR) is 244 cm³/mol. The minimum absolute atomic E-state index is 0.891. The fourth-order valence-electron chi connectivity index (χ4n) is 9.97. The average Bonchev–Trinajstić information content (AvgIpc) is 3.61. The molecule has 0 N–H and O–H groups in total. The molecule has 0 saturated carbocycles. The maximum Gasteiger partial charge on any atom is 0.143 e. The fraction of sp³-hybridized carbons (Fsp3) is 0.0714. The van der Waals surface area contributed by atoms with Crippen LogP contribution in [0, 0.1) is 27.7 Å². The highest BCUT2D eigenvalue weighted by Crippen LogP contribution is 2.49. The molecule has 0 atom stereocenters. The number of rotatable bonds is 4. The van der Waals surface area contributed by atoms with E-state index in [1.54, 1.807) is 0 Å². The van der Waals surface area contributed by atoms with E-state index >= 15 is 0 Å². The van der Waals surface area contributed by atoms with Crippen molar-refractivity contribution in [3.8, 4) is 44.5 Å². The summed E-state index contributed by atoms with van der Waals surface area (Å²) in [5, 5.41) is 12.2. The molecule has 0 aliphatic rings. The monoisotopic (exact) mass is 728 g/mol. The fourth-order valence-corrected chi connectivity index (χ4v) is 9.97. The summed E-state index contributed by atoms with van der Waals surface area (Å²) in [6.45, 7) is 8.93. The lowest BCUT2D eigenvalue weighted by atomic mass is 9.83. The van der Waals surface area contributed by atoms with Crippen molar-refractivity contribution in [3.63, 3.8) is 0 Å². The zero-order chi connectivity index (χ0) is 38.4. The van der Waals surface area contributed by atoms with Crippen molar-refractivity contribution in [2.24, 2.45) is 0 Å². The molecule has 0 saturated heterocycles. The Labute approximate surface area is 332 Å². The Hall–Kier alpha value is -6.96. The summed E-state index contributed by atoms with van der Waals surface area (Å²) in [5.41, 5.74) is 17.0. The van der Waals surface area contributed by atoms with Gasteiger partial charge in [-0.05, 0) is 139 Å². The molecule has 1 nitrogen and oxygen atoms in total. The van der Waals surface area contributed by atoms with Gasteiger partial charge >= 0.3 is 0 Å². The molecular weight excluding hydrogens is 689 g/mol. The van der Waals surface area contributed by atoms with Gasteiger partial charge in [-0.25, -0.2) is 0 Å². The Kier molecular flexibility index (Phi) is 7.50. The third kappa shape index (κ3) is 4.95. The van der Waals surface area contributed by atoms with Crippen molar-refractivity contribution in [2.45, 2.75) is 27.7 Å². The zero-order valence-corrected chi connectivity index (χ0v) is 32.6.